The highest BCUT2D eigenvalue weighted by Gasteiger charge is 2.25. The van der Waals surface area contributed by atoms with E-state index in [1.54, 1.807) is 6.20 Å². The van der Waals surface area contributed by atoms with Gasteiger partial charge in [-0.15, -0.1) is 11.3 Å². The molecular weight excluding hydrogens is 282 g/mol. The van der Waals surface area contributed by atoms with E-state index in [0.29, 0.717) is 5.57 Å². The van der Waals surface area contributed by atoms with Crippen molar-refractivity contribution in [1.82, 2.24) is 10.2 Å². The van der Waals surface area contributed by atoms with Crippen LogP contribution in [-0.2, 0) is 4.79 Å². The first-order valence-electron chi connectivity index (χ1n) is 6.52. The van der Waals surface area contributed by atoms with Crippen molar-refractivity contribution >= 4 is 33.9 Å². The number of nitrogens with zero attached hydrogens (tertiary/aromatic N) is 1. The summed E-state index contributed by atoms with van der Waals surface area (Å²) in [5, 5.41) is 12.9. The number of hydrogen-bond donors (Lipinski definition) is 2. The molecule has 0 saturated carbocycles. The Bertz CT molecular complexity index is 845. The van der Waals surface area contributed by atoms with Crippen LogP contribution in [0.5, 0.6) is 0 Å². The SMILES string of the molecule is O=C1Nc2sccc2/C1=C\c1cn[nH]c1-c1ccccc1. The predicted molar refractivity (Wildman–Crippen MR) is 84.8 cm³/mol. The van der Waals surface area contributed by atoms with Gasteiger partial charge in [0.2, 0.25) is 0 Å². The second-order valence-electron chi connectivity index (χ2n) is 4.74. The van der Waals surface area contributed by atoms with Crippen LogP contribution in [0.15, 0.2) is 48.0 Å². The van der Waals surface area contributed by atoms with E-state index in [-0.39, 0.29) is 5.91 Å². The first-order chi connectivity index (χ1) is 10.3. The molecule has 3 aromatic rings. The normalized spacial score (nSPS) is 15.2. The molecule has 102 valence electrons. The second kappa shape index (κ2) is 4.71. The average molecular weight is 293 g/mol. The minimum absolute atomic E-state index is 0.0583. The Hall–Kier alpha value is -2.66. The zero-order chi connectivity index (χ0) is 14.2. The number of hydrogen-bond acceptors (Lipinski definition) is 3. The third kappa shape index (κ3) is 1.98. The van der Waals surface area contributed by atoms with Gasteiger partial charge in [-0.05, 0) is 17.5 Å². The maximum Gasteiger partial charge on any atom is 0.257 e. The van der Waals surface area contributed by atoms with E-state index in [1.807, 2.05) is 47.9 Å². The van der Waals surface area contributed by atoms with E-state index in [9.17, 15) is 4.79 Å². The number of benzene rings is 1. The van der Waals surface area contributed by atoms with Crippen molar-refractivity contribution in [2.24, 2.45) is 0 Å². The summed E-state index contributed by atoms with van der Waals surface area (Å²) in [6.07, 6.45) is 3.63. The van der Waals surface area contributed by atoms with Crippen molar-refractivity contribution in [2.45, 2.75) is 0 Å². The number of fused-ring (bicyclic) bond motifs is 1. The molecule has 0 radical (unpaired) electrons. The van der Waals surface area contributed by atoms with Gasteiger partial charge in [-0.1, -0.05) is 30.3 Å². The van der Waals surface area contributed by atoms with E-state index in [1.165, 1.54) is 11.3 Å². The maximum atomic E-state index is 12.1. The zero-order valence-electron chi connectivity index (χ0n) is 11.0. The van der Waals surface area contributed by atoms with Crippen LogP contribution in [-0.4, -0.2) is 16.1 Å². The van der Waals surface area contributed by atoms with E-state index < -0.39 is 0 Å². The van der Waals surface area contributed by atoms with Gasteiger partial charge in [0.1, 0.15) is 5.00 Å². The van der Waals surface area contributed by atoms with Crippen LogP contribution in [0.4, 0.5) is 5.00 Å². The predicted octanol–water partition coefficient (Wildman–Crippen LogP) is 3.63. The highest BCUT2D eigenvalue weighted by Crippen LogP contribution is 2.38. The summed E-state index contributed by atoms with van der Waals surface area (Å²) in [6, 6.07) is 11.9. The fourth-order valence-electron chi connectivity index (χ4n) is 2.45. The minimum Gasteiger partial charge on any atom is -0.313 e. The van der Waals surface area contributed by atoms with Gasteiger partial charge in [-0.3, -0.25) is 9.89 Å². The number of H-pyrrole nitrogens is 1. The summed E-state index contributed by atoms with van der Waals surface area (Å²) in [5.41, 5.74) is 4.52. The Morgan fingerprint density at radius 3 is 2.86 bits per heavy atom. The molecule has 0 fully saturated rings. The van der Waals surface area contributed by atoms with E-state index in [4.69, 9.17) is 0 Å². The van der Waals surface area contributed by atoms with Crippen molar-refractivity contribution in [2.75, 3.05) is 5.32 Å². The number of amides is 1. The molecule has 0 atom stereocenters. The largest absolute Gasteiger partial charge is 0.313 e. The van der Waals surface area contributed by atoms with Gasteiger partial charge in [-0.2, -0.15) is 5.10 Å². The van der Waals surface area contributed by atoms with E-state index in [0.717, 1.165) is 27.4 Å². The molecule has 0 saturated heterocycles. The minimum atomic E-state index is -0.0583. The van der Waals surface area contributed by atoms with E-state index >= 15 is 0 Å². The quantitative estimate of drug-likeness (QED) is 0.709. The van der Waals surface area contributed by atoms with Gasteiger partial charge in [0.15, 0.2) is 0 Å². The zero-order valence-corrected chi connectivity index (χ0v) is 11.8. The molecule has 1 aliphatic heterocycles. The molecule has 3 heterocycles. The molecule has 0 aliphatic carbocycles. The number of rotatable bonds is 2. The molecule has 2 aromatic heterocycles. The molecule has 0 bridgehead atoms. The van der Waals surface area contributed by atoms with Crippen molar-refractivity contribution < 1.29 is 4.79 Å². The average Bonchev–Trinajstić information content (AvgIpc) is 3.19. The van der Waals surface area contributed by atoms with Crippen molar-refractivity contribution in [3.05, 3.63) is 59.1 Å². The summed E-state index contributed by atoms with van der Waals surface area (Å²) in [5.74, 6) is -0.0583. The van der Waals surface area contributed by atoms with Gasteiger partial charge >= 0.3 is 0 Å². The fourth-order valence-corrected chi connectivity index (χ4v) is 3.25. The summed E-state index contributed by atoms with van der Waals surface area (Å²) in [6.45, 7) is 0. The van der Waals surface area contributed by atoms with Crippen LogP contribution in [0.25, 0.3) is 22.9 Å². The molecule has 21 heavy (non-hydrogen) atoms. The van der Waals surface area contributed by atoms with Crippen LogP contribution in [0.2, 0.25) is 0 Å². The number of carbonyl (C=O) groups is 1. The number of aromatic amines is 1. The van der Waals surface area contributed by atoms with Crippen molar-refractivity contribution in [3.63, 3.8) is 0 Å². The van der Waals surface area contributed by atoms with Gasteiger partial charge in [-0.25, -0.2) is 0 Å². The van der Waals surface area contributed by atoms with Crippen LogP contribution in [0, 0.1) is 0 Å². The molecule has 5 heteroatoms. The Balaban J connectivity index is 1.82. The van der Waals surface area contributed by atoms with Gasteiger partial charge in [0.05, 0.1) is 17.5 Å². The highest BCUT2D eigenvalue weighted by atomic mass is 32.1. The first-order valence-corrected chi connectivity index (χ1v) is 7.40. The number of nitrogens with one attached hydrogen (secondary N) is 2. The smallest absolute Gasteiger partial charge is 0.257 e. The van der Waals surface area contributed by atoms with Crippen LogP contribution >= 0.6 is 11.3 Å². The lowest BCUT2D eigenvalue weighted by Gasteiger charge is -2.00. The first kappa shape index (κ1) is 12.1. The van der Waals surface area contributed by atoms with Gasteiger partial charge in [0.25, 0.3) is 5.91 Å². The Morgan fingerprint density at radius 2 is 2.00 bits per heavy atom. The Morgan fingerprint density at radius 1 is 1.14 bits per heavy atom. The molecule has 4 rings (SSSR count). The number of anilines is 1. The number of thiophene rings is 1. The summed E-state index contributed by atoms with van der Waals surface area (Å²) in [7, 11) is 0. The van der Waals surface area contributed by atoms with Crippen LogP contribution < -0.4 is 5.32 Å². The fraction of sp³-hybridized carbons (Fsp3) is 0. The molecule has 0 spiro atoms. The molecule has 1 aliphatic rings. The second-order valence-corrected chi connectivity index (χ2v) is 5.66. The Labute approximate surface area is 125 Å². The maximum absolute atomic E-state index is 12.1. The molecule has 0 unspecified atom stereocenters. The van der Waals surface area contributed by atoms with Crippen LogP contribution in [0.3, 0.4) is 0 Å². The van der Waals surface area contributed by atoms with Gasteiger partial charge in [0, 0.05) is 16.7 Å². The Kier molecular flexibility index (Phi) is 2.72. The lowest BCUT2D eigenvalue weighted by molar-refractivity contribution is -0.110. The van der Waals surface area contributed by atoms with E-state index in [2.05, 4.69) is 15.5 Å². The summed E-state index contributed by atoms with van der Waals surface area (Å²) < 4.78 is 0. The summed E-state index contributed by atoms with van der Waals surface area (Å²) >= 11 is 1.54. The monoisotopic (exact) mass is 293 g/mol. The molecule has 2 N–H and O–H groups in total. The topological polar surface area (TPSA) is 57.8 Å². The third-order valence-corrected chi connectivity index (χ3v) is 4.29. The number of carbonyl (C=O) groups excluding carboxylic acids is 1. The summed E-state index contributed by atoms with van der Waals surface area (Å²) in [4.78, 5) is 12.1. The molecule has 1 aromatic carbocycles. The van der Waals surface area contributed by atoms with Gasteiger partial charge < -0.3 is 5.32 Å². The lowest BCUT2D eigenvalue weighted by atomic mass is 10.0. The highest BCUT2D eigenvalue weighted by molar-refractivity contribution is 7.15. The van der Waals surface area contributed by atoms with Crippen molar-refractivity contribution in [3.8, 4) is 11.3 Å². The molecular formula is C16H11N3OS. The standard InChI is InChI=1S/C16H11N3OS/c20-15-13(12-6-7-21-16(12)18-15)8-11-9-17-19-14(11)10-4-2-1-3-5-10/h1-9H,(H,17,19)(H,18,20)/b13-8+. The molecule has 1 amide bonds. The molecule has 4 nitrogen and oxygen atoms in total. The lowest BCUT2D eigenvalue weighted by Crippen LogP contribution is -2.03. The van der Waals surface area contributed by atoms with Crippen LogP contribution in [0.1, 0.15) is 11.1 Å². The van der Waals surface area contributed by atoms with Crippen molar-refractivity contribution in [1.29, 1.82) is 0 Å². The number of aromatic nitrogens is 2. The third-order valence-electron chi connectivity index (χ3n) is 3.46.